The molecule has 1 atom stereocenters. The summed E-state index contributed by atoms with van der Waals surface area (Å²) in [7, 11) is 1.69. The molecule has 2 aromatic carbocycles. The van der Waals surface area contributed by atoms with Crippen molar-refractivity contribution in [2.45, 2.75) is 56.9 Å². The maximum Gasteiger partial charge on any atom is 0.326 e. The Kier molecular flexibility index (Phi) is 5.21. The van der Waals surface area contributed by atoms with Crippen molar-refractivity contribution in [1.82, 2.24) is 14.8 Å². The van der Waals surface area contributed by atoms with Gasteiger partial charge in [-0.15, -0.1) is 0 Å². The summed E-state index contributed by atoms with van der Waals surface area (Å²) < 4.78 is 1.86. The number of carbonyl (C=O) groups is 2. The molecule has 3 heterocycles. The van der Waals surface area contributed by atoms with E-state index in [1.54, 1.807) is 7.05 Å². The molecule has 1 aromatic heterocycles. The van der Waals surface area contributed by atoms with E-state index >= 15 is 0 Å². The molecule has 0 saturated carbocycles. The fourth-order valence-corrected chi connectivity index (χ4v) is 6.68. The van der Waals surface area contributed by atoms with Crippen molar-refractivity contribution in [2.75, 3.05) is 25.5 Å². The van der Waals surface area contributed by atoms with Gasteiger partial charge in [-0.2, -0.15) is 0 Å². The van der Waals surface area contributed by atoms with E-state index in [1.165, 1.54) is 22.1 Å². The average Bonchev–Trinajstić information content (AvgIpc) is 3.34. The van der Waals surface area contributed by atoms with Crippen molar-refractivity contribution in [1.29, 1.82) is 0 Å². The van der Waals surface area contributed by atoms with Gasteiger partial charge in [0.25, 0.3) is 0 Å². The third-order valence-corrected chi connectivity index (χ3v) is 8.25. The summed E-state index contributed by atoms with van der Waals surface area (Å²) in [5.41, 5.74) is 6.76. The third-order valence-electron chi connectivity index (χ3n) is 8.25. The van der Waals surface area contributed by atoms with Gasteiger partial charge in [-0.3, -0.25) is 14.3 Å². The first kappa shape index (κ1) is 21.4. The van der Waals surface area contributed by atoms with Gasteiger partial charge in [0.1, 0.15) is 0 Å². The van der Waals surface area contributed by atoms with Crippen LogP contribution in [0.2, 0.25) is 0 Å². The molecule has 2 N–H and O–H groups in total. The molecule has 0 spiro atoms. The van der Waals surface area contributed by atoms with Gasteiger partial charge >= 0.3 is 6.03 Å². The number of benzene rings is 2. The predicted octanol–water partition coefficient (Wildman–Crippen LogP) is 4.58. The fraction of sp³-hybridized carbons (Fsp3) is 0.429. The molecule has 0 saturated heterocycles. The molecule has 1 aliphatic carbocycles. The molecule has 3 aromatic rings. The number of para-hydroxylation sites is 1. The minimum atomic E-state index is -0.328. The fourth-order valence-electron chi connectivity index (χ4n) is 6.68. The number of aromatic nitrogens is 1. The Hall–Kier alpha value is -3.12. The summed E-state index contributed by atoms with van der Waals surface area (Å²) in [6.45, 7) is 2.78. The maximum atomic E-state index is 13.1. The van der Waals surface area contributed by atoms with Gasteiger partial charge in [-0.1, -0.05) is 36.8 Å². The quantitative estimate of drug-likeness (QED) is 0.552. The van der Waals surface area contributed by atoms with Crippen LogP contribution in [-0.4, -0.2) is 41.5 Å². The normalized spacial score (nSPS) is 21.3. The standard InChI is InChI=1S/C28H32N4O2/c1-29-27(34)32-23-12-3-2-10-20(23)21-13-17-31(18-24(21)32)16-5-4-14-28-15-7-9-19-8-6-11-22(25(19)28)30-26(28)33/h2-3,6,8,10-12H,4-5,7,9,13-18H2,1H3,(H,29,34)(H,30,33). The molecule has 2 amide bonds. The SMILES string of the molecule is CNC(=O)n1c2c(c3ccccc31)CCN(CCCCC13CCCc4cccc(c41)NC3=O)C2. The first-order chi connectivity index (χ1) is 16.6. The lowest BCUT2D eigenvalue weighted by Crippen LogP contribution is -2.38. The van der Waals surface area contributed by atoms with E-state index in [9.17, 15) is 9.59 Å². The Morgan fingerprint density at radius 1 is 1.12 bits per heavy atom. The zero-order valence-electron chi connectivity index (χ0n) is 19.8. The number of fused-ring (bicyclic) bond motifs is 3. The summed E-state index contributed by atoms with van der Waals surface area (Å²) >= 11 is 0. The topological polar surface area (TPSA) is 66.4 Å². The number of unbranched alkanes of at least 4 members (excludes halogenated alkanes) is 1. The highest BCUT2D eigenvalue weighted by atomic mass is 16.2. The van der Waals surface area contributed by atoms with Crippen molar-refractivity contribution in [3.05, 3.63) is 64.8 Å². The third kappa shape index (κ3) is 3.19. The van der Waals surface area contributed by atoms with Gasteiger partial charge in [0, 0.05) is 36.9 Å². The number of carbonyl (C=O) groups excluding carboxylic acids is 2. The lowest BCUT2D eigenvalue weighted by molar-refractivity contribution is -0.121. The summed E-state index contributed by atoms with van der Waals surface area (Å²) in [4.78, 5) is 28.2. The van der Waals surface area contributed by atoms with E-state index in [-0.39, 0.29) is 17.4 Å². The Bertz CT molecular complexity index is 1290. The second kappa shape index (κ2) is 8.27. The number of hydrogen-bond donors (Lipinski definition) is 2. The van der Waals surface area contributed by atoms with E-state index in [4.69, 9.17) is 0 Å². The van der Waals surface area contributed by atoms with Crippen LogP contribution in [0.1, 0.15) is 54.5 Å². The molecule has 6 nitrogen and oxygen atoms in total. The summed E-state index contributed by atoms with van der Waals surface area (Å²) in [6.07, 6.45) is 7.09. The molecular weight excluding hydrogens is 424 g/mol. The maximum absolute atomic E-state index is 13.1. The second-order valence-corrected chi connectivity index (χ2v) is 10.0. The summed E-state index contributed by atoms with van der Waals surface area (Å²) in [6, 6.07) is 14.5. The van der Waals surface area contributed by atoms with Gasteiger partial charge in [-0.25, -0.2) is 4.79 Å². The Morgan fingerprint density at radius 2 is 2.00 bits per heavy atom. The summed E-state index contributed by atoms with van der Waals surface area (Å²) in [5, 5.41) is 7.17. The Morgan fingerprint density at radius 3 is 2.88 bits per heavy atom. The number of nitrogens with one attached hydrogen (secondary N) is 2. The molecular formula is C28H32N4O2. The monoisotopic (exact) mass is 456 g/mol. The number of nitrogens with zero attached hydrogens (tertiary/aromatic N) is 2. The molecule has 0 bridgehead atoms. The lowest BCUT2D eigenvalue weighted by Gasteiger charge is -2.33. The van der Waals surface area contributed by atoms with Gasteiger partial charge in [0.05, 0.1) is 10.9 Å². The molecule has 6 heteroatoms. The molecule has 34 heavy (non-hydrogen) atoms. The van der Waals surface area contributed by atoms with Crippen LogP contribution in [0.4, 0.5) is 10.5 Å². The van der Waals surface area contributed by atoms with Crippen LogP contribution < -0.4 is 10.6 Å². The zero-order chi connectivity index (χ0) is 23.3. The van der Waals surface area contributed by atoms with Crippen LogP contribution in [0.3, 0.4) is 0 Å². The van der Waals surface area contributed by atoms with E-state index < -0.39 is 0 Å². The number of aryl methyl sites for hydroxylation is 1. The van der Waals surface area contributed by atoms with E-state index in [0.717, 1.165) is 81.5 Å². The van der Waals surface area contributed by atoms with E-state index in [0.29, 0.717) is 0 Å². The lowest BCUT2D eigenvalue weighted by atomic mass is 9.68. The van der Waals surface area contributed by atoms with Gasteiger partial charge in [0.15, 0.2) is 0 Å². The van der Waals surface area contributed by atoms with Crippen LogP contribution >= 0.6 is 0 Å². The average molecular weight is 457 g/mol. The predicted molar refractivity (Wildman–Crippen MR) is 134 cm³/mol. The summed E-state index contributed by atoms with van der Waals surface area (Å²) in [5.74, 6) is 0.201. The van der Waals surface area contributed by atoms with E-state index in [1.807, 2.05) is 16.7 Å². The Balaban J connectivity index is 1.15. The second-order valence-electron chi connectivity index (χ2n) is 10.0. The van der Waals surface area contributed by atoms with Crippen molar-refractivity contribution in [2.24, 2.45) is 0 Å². The van der Waals surface area contributed by atoms with Crippen LogP contribution in [0.5, 0.6) is 0 Å². The number of anilines is 1. The minimum absolute atomic E-state index is 0.0718. The van der Waals surface area contributed by atoms with Gasteiger partial charge < -0.3 is 10.6 Å². The van der Waals surface area contributed by atoms with Crippen molar-refractivity contribution < 1.29 is 9.59 Å². The van der Waals surface area contributed by atoms with Crippen LogP contribution in [0, 0.1) is 0 Å². The number of hydrogen-bond acceptors (Lipinski definition) is 3. The van der Waals surface area contributed by atoms with Crippen LogP contribution in [-0.2, 0) is 29.6 Å². The molecule has 176 valence electrons. The zero-order valence-corrected chi connectivity index (χ0v) is 19.8. The number of amides is 2. The molecule has 2 aliphatic heterocycles. The Labute approximate surface area is 200 Å². The molecule has 6 rings (SSSR count). The number of rotatable bonds is 5. The van der Waals surface area contributed by atoms with Crippen molar-refractivity contribution >= 4 is 28.5 Å². The smallest absolute Gasteiger partial charge is 0.326 e. The minimum Gasteiger partial charge on any atom is -0.340 e. The largest absolute Gasteiger partial charge is 0.340 e. The highest BCUT2D eigenvalue weighted by Crippen LogP contribution is 2.49. The van der Waals surface area contributed by atoms with Crippen molar-refractivity contribution in [3.63, 3.8) is 0 Å². The van der Waals surface area contributed by atoms with Gasteiger partial charge in [0.2, 0.25) is 5.91 Å². The van der Waals surface area contributed by atoms with Crippen LogP contribution in [0.15, 0.2) is 42.5 Å². The first-order valence-corrected chi connectivity index (χ1v) is 12.6. The van der Waals surface area contributed by atoms with Crippen molar-refractivity contribution in [3.8, 4) is 0 Å². The van der Waals surface area contributed by atoms with Crippen LogP contribution in [0.25, 0.3) is 10.9 Å². The molecule has 3 aliphatic rings. The van der Waals surface area contributed by atoms with Gasteiger partial charge in [-0.05, 0) is 73.9 Å². The highest BCUT2D eigenvalue weighted by Gasteiger charge is 2.48. The highest BCUT2D eigenvalue weighted by molar-refractivity contribution is 6.07. The molecule has 1 unspecified atom stereocenters. The first-order valence-electron chi connectivity index (χ1n) is 12.6. The molecule has 0 fully saturated rings. The van der Waals surface area contributed by atoms with E-state index in [2.05, 4.69) is 45.9 Å². The molecule has 0 radical (unpaired) electrons.